The van der Waals surface area contributed by atoms with Crippen molar-refractivity contribution in [1.29, 1.82) is 0 Å². The highest BCUT2D eigenvalue weighted by molar-refractivity contribution is 5.89. The van der Waals surface area contributed by atoms with Gasteiger partial charge < -0.3 is 20.1 Å². The number of anilines is 1. The van der Waals surface area contributed by atoms with E-state index in [2.05, 4.69) is 5.32 Å². The Morgan fingerprint density at radius 3 is 2.10 bits per heavy atom. The van der Waals surface area contributed by atoms with Gasteiger partial charge in [0.2, 0.25) is 0 Å². The molecule has 29 heavy (non-hydrogen) atoms. The summed E-state index contributed by atoms with van der Waals surface area (Å²) in [6, 6.07) is 21.0. The third-order valence-electron chi connectivity index (χ3n) is 4.68. The molecule has 0 bridgehead atoms. The molecular formula is C23H23FN2O3. The maximum Gasteiger partial charge on any atom is 0.321 e. The second kappa shape index (κ2) is 9.21. The summed E-state index contributed by atoms with van der Waals surface area (Å²) in [4.78, 5) is 14.0. The maximum absolute atomic E-state index is 13.0. The van der Waals surface area contributed by atoms with Gasteiger partial charge in [-0.2, -0.15) is 0 Å². The zero-order valence-electron chi connectivity index (χ0n) is 16.2. The van der Waals surface area contributed by atoms with Crippen LogP contribution >= 0.6 is 0 Å². The minimum absolute atomic E-state index is 0.328. The topological polar surface area (TPSA) is 61.8 Å². The molecule has 6 heteroatoms. The highest BCUT2D eigenvalue weighted by atomic mass is 19.1. The van der Waals surface area contributed by atoms with Gasteiger partial charge >= 0.3 is 6.03 Å². The zero-order chi connectivity index (χ0) is 20.8. The van der Waals surface area contributed by atoms with Crippen molar-refractivity contribution in [3.63, 3.8) is 0 Å². The molecule has 0 spiro atoms. The fourth-order valence-electron chi connectivity index (χ4n) is 2.78. The first-order valence-corrected chi connectivity index (χ1v) is 9.24. The van der Waals surface area contributed by atoms with Crippen LogP contribution in [0.2, 0.25) is 0 Å². The third-order valence-corrected chi connectivity index (χ3v) is 4.68. The molecule has 0 aliphatic heterocycles. The standard InChI is InChI=1S/C23H23FN2O3/c1-16(22(27)17-6-4-3-5-7-17)26(2)23(28)25-19-10-14-21(15-11-19)29-20-12-8-18(24)9-13-20/h3-16,22,27H,1-2H3,(H,25,28)/t16-,22-/m1/s1. The number of aliphatic hydroxyl groups excluding tert-OH is 1. The average Bonchev–Trinajstić information content (AvgIpc) is 2.75. The molecule has 0 heterocycles. The van der Waals surface area contributed by atoms with Gasteiger partial charge in [0.25, 0.3) is 0 Å². The summed E-state index contributed by atoms with van der Waals surface area (Å²) in [5, 5.41) is 13.3. The Bertz CT molecular complexity index is 931. The van der Waals surface area contributed by atoms with E-state index in [-0.39, 0.29) is 11.8 Å². The van der Waals surface area contributed by atoms with E-state index in [0.717, 1.165) is 5.56 Å². The number of likely N-dealkylation sites (N-methyl/N-ethyl adjacent to an activating group) is 1. The molecule has 3 aromatic rings. The van der Waals surface area contributed by atoms with Crippen LogP contribution in [0.3, 0.4) is 0 Å². The van der Waals surface area contributed by atoms with Gasteiger partial charge in [0.15, 0.2) is 0 Å². The zero-order valence-corrected chi connectivity index (χ0v) is 16.2. The van der Waals surface area contributed by atoms with Crippen molar-refractivity contribution in [3.8, 4) is 11.5 Å². The molecule has 150 valence electrons. The number of carbonyl (C=O) groups excluding carboxylic acids is 1. The van der Waals surface area contributed by atoms with Gasteiger partial charge in [0.05, 0.1) is 12.1 Å². The van der Waals surface area contributed by atoms with Crippen molar-refractivity contribution < 1.29 is 19.0 Å². The number of carbonyl (C=O) groups is 1. The van der Waals surface area contributed by atoms with Gasteiger partial charge in [-0.25, -0.2) is 9.18 Å². The number of hydrogen-bond donors (Lipinski definition) is 2. The average molecular weight is 394 g/mol. The summed E-state index contributed by atoms with van der Waals surface area (Å²) >= 11 is 0. The van der Waals surface area contributed by atoms with Crippen LogP contribution in [0.25, 0.3) is 0 Å². The number of ether oxygens (including phenoxy) is 1. The van der Waals surface area contributed by atoms with Gasteiger partial charge in [-0.05, 0) is 61.0 Å². The highest BCUT2D eigenvalue weighted by Crippen LogP contribution is 2.24. The van der Waals surface area contributed by atoms with Crippen LogP contribution in [0.1, 0.15) is 18.6 Å². The van der Waals surface area contributed by atoms with Crippen LogP contribution in [0, 0.1) is 5.82 Å². The summed E-state index contributed by atoms with van der Waals surface area (Å²) in [6.45, 7) is 1.79. The Morgan fingerprint density at radius 1 is 0.966 bits per heavy atom. The van der Waals surface area contributed by atoms with Gasteiger partial charge in [-0.15, -0.1) is 0 Å². The molecule has 0 saturated carbocycles. The molecule has 0 saturated heterocycles. The van der Waals surface area contributed by atoms with Crippen LogP contribution in [0.4, 0.5) is 14.9 Å². The van der Waals surface area contributed by atoms with Crippen LogP contribution in [0.15, 0.2) is 78.9 Å². The Morgan fingerprint density at radius 2 is 1.52 bits per heavy atom. The van der Waals surface area contributed by atoms with E-state index in [0.29, 0.717) is 17.2 Å². The van der Waals surface area contributed by atoms with Crippen molar-refractivity contribution in [2.24, 2.45) is 0 Å². The van der Waals surface area contributed by atoms with Gasteiger partial charge in [-0.3, -0.25) is 0 Å². The molecule has 2 N–H and O–H groups in total. The number of nitrogens with zero attached hydrogens (tertiary/aromatic N) is 1. The Kier molecular flexibility index (Phi) is 6.46. The van der Waals surface area contributed by atoms with Crippen molar-refractivity contribution in [1.82, 2.24) is 4.90 Å². The molecule has 5 nitrogen and oxygen atoms in total. The Labute approximate surface area is 169 Å². The smallest absolute Gasteiger partial charge is 0.321 e. The number of halogens is 1. The number of urea groups is 1. The summed E-state index contributed by atoms with van der Waals surface area (Å²) in [6.07, 6.45) is -0.793. The molecule has 0 aliphatic rings. The predicted octanol–water partition coefficient (Wildman–Crippen LogP) is 5.20. The maximum atomic E-state index is 13.0. The molecule has 0 aliphatic carbocycles. The molecule has 0 aromatic heterocycles. The molecule has 2 atom stereocenters. The van der Waals surface area contributed by atoms with Crippen molar-refractivity contribution in [2.75, 3.05) is 12.4 Å². The molecule has 3 aromatic carbocycles. The van der Waals surface area contributed by atoms with E-state index >= 15 is 0 Å². The third kappa shape index (κ3) is 5.33. The van der Waals surface area contributed by atoms with Crippen molar-refractivity contribution >= 4 is 11.7 Å². The molecule has 0 unspecified atom stereocenters. The number of hydrogen-bond acceptors (Lipinski definition) is 3. The minimum atomic E-state index is -0.793. The van der Waals surface area contributed by atoms with E-state index in [1.54, 1.807) is 50.4 Å². The van der Waals surface area contributed by atoms with E-state index in [1.165, 1.54) is 17.0 Å². The van der Waals surface area contributed by atoms with Crippen LogP contribution in [0.5, 0.6) is 11.5 Å². The quantitative estimate of drug-likeness (QED) is 0.604. The SMILES string of the molecule is C[C@H]([C@@H](O)c1ccccc1)N(C)C(=O)Nc1ccc(Oc2ccc(F)cc2)cc1. The number of rotatable bonds is 6. The van der Waals surface area contributed by atoms with Crippen LogP contribution in [-0.2, 0) is 0 Å². The highest BCUT2D eigenvalue weighted by Gasteiger charge is 2.24. The van der Waals surface area contributed by atoms with Crippen LogP contribution in [-0.4, -0.2) is 29.1 Å². The molecule has 0 radical (unpaired) electrons. The summed E-state index contributed by atoms with van der Waals surface area (Å²) in [5.41, 5.74) is 1.34. The largest absolute Gasteiger partial charge is 0.457 e. The van der Waals surface area contributed by atoms with Crippen molar-refractivity contribution in [2.45, 2.75) is 19.1 Å². The van der Waals surface area contributed by atoms with E-state index < -0.39 is 12.1 Å². The normalized spacial score (nSPS) is 12.7. The second-order valence-electron chi connectivity index (χ2n) is 6.72. The first kappa shape index (κ1) is 20.4. The molecule has 3 rings (SSSR count). The number of amides is 2. The lowest BCUT2D eigenvalue weighted by Crippen LogP contribution is -2.41. The van der Waals surface area contributed by atoms with E-state index in [1.807, 2.05) is 30.3 Å². The predicted molar refractivity (Wildman–Crippen MR) is 111 cm³/mol. The van der Waals surface area contributed by atoms with E-state index in [4.69, 9.17) is 4.74 Å². The van der Waals surface area contributed by atoms with Gasteiger partial charge in [0, 0.05) is 12.7 Å². The lowest BCUT2D eigenvalue weighted by Gasteiger charge is -2.29. The Balaban J connectivity index is 1.58. The fourth-order valence-corrected chi connectivity index (χ4v) is 2.78. The van der Waals surface area contributed by atoms with Gasteiger partial charge in [-0.1, -0.05) is 30.3 Å². The summed E-state index contributed by atoms with van der Waals surface area (Å²) < 4.78 is 18.6. The second-order valence-corrected chi connectivity index (χ2v) is 6.72. The first-order chi connectivity index (χ1) is 13.9. The summed E-state index contributed by atoms with van der Waals surface area (Å²) in [7, 11) is 1.64. The van der Waals surface area contributed by atoms with E-state index in [9.17, 15) is 14.3 Å². The summed E-state index contributed by atoms with van der Waals surface area (Å²) in [5.74, 6) is 0.758. The molecule has 2 amide bonds. The van der Waals surface area contributed by atoms with Gasteiger partial charge in [0.1, 0.15) is 17.3 Å². The number of benzene rings is 3. The molecular weight excluding hydrogens is 371 g/mol. The first-order valence-electron chi connectivity index (χ1n) is 9.24. The van der Waals surface area contributed by atoms with Crippen LogP contribution < -0.4 is 10.1 Å². The monoisotopic (exact) mass is 394 g/mol. The lowest BCUT2D eigenvalue weighted by molar-refractivity contribution is 0.0894. The number of aliphatic hydroxyl groups is 1. The fraction of sp³-hybridized carbons (Fsp3) is 0.174. The molecule has 0 fully saturated rings. The Hall–Kier alpha value is -3.38. The number of nitrogens with one attached hydrogen (secondary N) is 1. The van der Waals surface area contributed by atoms with Crippen molar-refractivity contribution in [3.05, 3.63) is 90.2 Å². The lowest BCUT2D eigenvalue weighted by atomic mass is 10.0. The minimum Gasteiger partial charge on any atom is -0.457 e.